The zero-order valence-corrected chi connectivity index (χ0v) is 10.5. The van der Waals surface area contributed by atoms with Gasteiger partial charge in [-0.05, 0) is 39.2 Å². The van der Waals surface area contributed by atoms with Crippen molar-refractivity contribution in [3.63, 3.8) is 0 Å². The summed E-state index contributed by atoms with van der Waals surface area (Å²) >= 11 is 0. The van der Waals surface area contributed by atoms with Gasteiger partial charge in [-0.15, -0.1) is 0 Å². The van der Waals surface area contributed by atoms with E-state index in [0.29, 0.717) is 12.5 Å². The van der Waals surface area contributed by atoms with Gasteiger partial charge in [0.25, 0.3) is 0 Å². The van der Waals surface area contributed by atoms with Crippen molar-refractivity contribution >= 4 is 5.97 Å². The maximum atomic E-state index is 11.7. The van der Waals surface area contributed by atoms with Gasteiger partial charge in [0.2, 0.25) is 0 Å². The quantitative estimate of drug-likeness (QED) is 0.715. The number of rotatable bonds is 5. The van der Waals surface area contributed by atoms with Crippen LogP contribution in [-0.2, 0) is 9.53 Å². The highest BCUT2D eigenvalue weighted by Crippen LogP contribution is 2.23. The number of carbonyl (C=O) groups is 1. The second kappa shape index (κ2) is 6.21. The summed E-state index contributed by atoms with van der Waals surface area (Å²) in [6.07, 6.45) is 1.45. The summed E-state index contributed by atoms with van der Waals surface area (Å²) < 4.78 is 5.06. The summed E-state index contributed by atoms with van der Waals surface area (Å²) in [6, 6.07) is -0.135. The molecule has 1 fully saturated rings. The van der Waals surface area contributed by atoms with E-state index in [-0.39, 0.29) is 18.1 Å². The average Bonchev–Trinajstić information content (AvgIpc) is 2.68. The number of carbonyl (C=O) groups excluding carboxylic acids is 1. The topological polar surface area (TPSA) is 49.8 Å². The molecular weight excluding hydrogens is 206 g/mol. The lowest BCUT2D eigenvalue weighted by Crippen LogP contribution is -2.41. The van der Waals surface area contributed by atoms with Crippen LogP contribution in [0.5, 0.6) is 0 Å². The van der Waals surface area contributed by atoms with Crippen LogP contribution < -0.4 is 0 Å². The number of ether oxygens (including phenoxy) is 1. The molecule has 94 valence electrons. The molecule has 1 heterocycles. The highest BCUT2D eigenvalue weighted by atomic mass is 16.5. The molecule has 0 amide bonds. The number of esters is 1. The lowest BCUT2D eigenvalue weighted by Gasteiger charge is -2.25. The summed E-state index contributed by atoms with van der Waals surface area (Å²) in [4.78, 5) is 13.8. The molecule has 0 spiro atoms. The lowest BCUT2D eigenvalue weighted by molar-refractivity contribution is -0.149. The van der Waals surface area contributed by atoms with Gasteiger partial charge in [0.05, 0.1) is 12.7 Å². The molecule has 4 heteroatoms. The van der Waals surface area contributed by atoms with Gasteiger partial charge >= 0.3 is 5.97 Å². The molecule has 1 rings (SSSR count). The minimum absolute atomic E-state index is 0.128. The summed E-state index contributed by atoms with van der Waals surface area (Å²) in [5.74, 6) is 0.166. The van der Waals surface area contributed by atoms with Crippen molar-refractivity contribution in [3.05, 3.63) is 0 Å². The first kappa shape index (κ1) is 13.5. The number of aliphatic hydroxyl groups is 1. The molecule has 0 aromatic carbocycles. The highest BCUT2D eigenvalue weighted by Gasteiger charge is 2.33. The molecular formula is C12H23NO3. The van der Waals surface area contributed by atoms with Gasteiger partial charge < -0.3 is 9.84 Å². The van der Waals surface area contributed by atoms with E-state index >= 15 is 0 Å². The van der Waals surface area contributed by atoms with Gasteiger partial charge in [-0.3, -0.25) is 9.69 Å². The number of nitrogens with zero attached hydrogens (tertiary/aromatic N) is 1. The van der Waals surface area contributed by atoms with Crippen LogP contribution in [0.4, 0.5) is 0 Å². The second-order valence-electron chi connectivity index (χ2n) is 4.46. The third-order valence-corrected chi connectivity index (χ3v) is 3.32. The molecule has 0 radical (unpaired) electrons. The van der Waals surface area contributed by atoms with Crippen LogP contribution in [0.1, 0.15) is 33.6 Å². The molecule has 3 unspecified atom stereocenters. The van der Waals surface area contributed by atoms with E-state index in [4.69, 9.17) is 4.74 Å². The van der Waals surface area contributed by atoms with Crippen molar-refractivity contribution in [2.45, 2.75) is 45.8 Å². The van der Waals surface area contributed by atoms with Crippen LogP contribution in [0.2, 0.25) is 0 Å². The Balaban J connectivity index is 2.52. The Hall–Kier alpha value is -0.610. The fourth-order valence-corrected chi connectivity index (χ4v) is 2.30. The predicted octanol–water partition coefficient (Wildman–Crippen LogP) is 1.03. The van der Waals surface area contributed by atoms with Crippen LogP contribution in [0.25, 0.3) is 0 Å². The zero-order chi connectivity index (χ0) is 12.1. The van der Waals surface area contributed by atoms with Crippen LogP contribution in [0.15, 0.2) is 0 Å². The van der Waals surface area contributed by atoms with Gasteiger partial charge in [-0.2, -0.15) is 0 Å². The molecule has 1 aliphatic heterocycles. The monoisotopic (exact) mass is 229 g/mol. The highest BCUT2D eigenvalue weighted by molar-refractivity contribution is 5.75. The average molecular weight is 229 g/mol. The van der Waals surface area contributed by atoms with Gasteiger partial charge in [-0.1, -0.05) is 6.92 Å². The molecule has 0 saturated carbocycles. The molecule has 0 aromatic rings. The summed E-state index contributed by atoms with van der Waals surface area (Å²) in [7, 11) is 0. The third-order valence-electron chi connectivity index (χ3n) is 3.32. The van der Waals surface area contributed by atoms with E-state index in [9.17, 15) is 9.90 Å². The van der Waals surface area contributed by atoms with Crippen LogP contribution in [0.3, 0.4) is 0 Å². The van der Waals surface area contributed by atoms with Gasteiger partial charge in [0.15, 0.2) is 0 Å². The molecule has 0 bridgehead atoms. The molecule has 0 aromatic heterocycles. The summed E-state index contributed by atoms with van der Waals surface area (Å²) in [5, 5.41) is 9.52. The molecule has 4 nitrogen and oxygen atoms in total. The van der Waals surface area contributed by atoms with Crippen LogP contribution >= 0.6 is 0 Å². The van der Waals surface area contributed by atoms with Crippen molar-refractivity contribution < 1.29 is 14.6 Å². The summed E-state index contributed by atoms with van der Waals surface area (Å²) in [6.45, 7) is 7.76. The molecule has 1 N–H and O–H groups in total. The van der Waals surface area contributed by atoms with E-state index in [1.807, 2.05) is 20.8 Å². The Morgan fingerprint density at radius 2 is 2.25 bits per heavy atom. The van der Waals surface area contributed by atoms with Crippen molar-refractivity contribution in [1.82, 2.24) is 4.90 Å². The minimum atomic E-state index is -0.287. The minimum Gasteiger partial charge on any atom is -0.465 e. The number of hydrogen-bond donors (Lipinski definition) is 1. The lowest BCUT2D eigenvalue weighted by atomic mass is 10.0. The Bertz CT molecular complexity index is 230. The van der Waals surface area contributed by atoms with E-state index in [0.717, 1.165) is 25.9 Å². The maximum absolute atomic E-state index is 11.7. The Morgan fingerprint density at radius 3 is 2.69 bits per heavy atom. The van der Waals surface area contributed by atoms with E-state index < -0.39 is 0 Å². The normalized spacial score (nSPS) is 25.4. The molecule has 16 heavy (non-hydrogen) atoms. The number of likely N-dealkylation sites (tertiary alicyclic amines) is 1. The Labute approximate surface area is 97.6 Å². The van der Waals surface area contributed by atoms with Crippen molar-refractivity contribution in [2.24, 2.45) is 5.92 Å². The van der Waals surface area contributed by atoms with Gasteiger partial charge in [0, 0.05) is 6.54 Å². The largest absolute Gasteiger partial charge is 0.465 e. The molecule has 1 aliphatic rings. The summed E-state index contributed by atoms with van der Waals surface area (Å²) in [5.41, 5.74) is 0. The SMILES string of the molecule is CCOC(=O)C(CC)N1CCC(C(C)O)C1. The number of hydrogen-bond acceptors (Lipinski definition) is 4. The second-order valence-corrected chi connectivity index (χ2v) is 4.46. The molecule has 0 aliphatic carbocycles. The fourth-order valence-electron chi connectivity index (χ4n) is 2.30. The van der Waals surface area contributed by atoms with Crippen LogP contribution in [-0.4, -0.2) is 47.8 Å². The van der Waals surface area contributed by atoms with Gasteiger partial charge in [0.1, 0.15) is 6.04 Å². The Kier molecular flexibility index (Phi) is 5.22. The standard InChI is InChI=1S/C12H23NO3/c1-4-11(12(15)16-5-2)13-7-6-10(8-13)9(3)14/h9-11,14H,4-8H2,1-3H3. The first-order valence-corrected chi connectivity index (χ1v) is 6.18. The van der Waals surface area contributed by atoms with E-state index in [1.165, 1.54) is 0 Å². The van der Waals surface area contributed by atoms with Gasteiger partial charge in [-0.25, -0.2) is 0 Å². The Morgan fingerprint density at radius 1 is 1.56 bits per heavy atom. The zero-order valence-electron chi connectivity index (χ0n) is 10.5. The van der Waals surface area contributed by atoms with E-state index in [1.54, 1.807) is 0 Å². The van der Waals surface area contributed by atoms with Crippen LogP contribution in [0, 0.1) is 5.92 Å². The first-order valence-electron chi connectivity index (χ1n) is 6.18. The van der Waals surface area contributed by atoms with Crippen molar-refractivity contribution in [3.8, 4) is 0 Å². The first-order chi connectivity index (χ1) is 7.60. The smallest absolute Gasteiger partial charge is 0.323 e. The molecule has 1 saturated heterocycles. The predicted molar refractivity (Wildman–Crippen MR) is 62.1 cm³/mol. The number of aliphatic hydroxyl groups excluding tert-OH is 1. The van der Waals surface area contributed by atoms with Crippen molar-refractivity contribution in [2.75, 3.05) is 19.7 Å². The van der Waals surface area contributed by atoms with Crippen molar-refractivity contribution in [1.29, 1.82) is 0 Å². The fraction of sp³-hybridized carbons (Fsp3) is 0.917. The molecule has 3 atom stereocenters. The van der Waals surface area contributed by atoms with E-state index in [2.05, 4.69) is 4.90 Å². The maximum Gasteiger partial charge on any atom is 0.323 e. The third kappa shape index (κ3) is 3.19.